The first kappa shape index (κ1) is 29.7. The molecule has 222 valence electrons. The zero-order valence-electron chi connectivity index (χ0n) is 25.1. The zero-order valence-corrected chi connectivity index (χ0v) is 25.1. The normalized spacial score (nSPS) is 13.9. The highest BCUT2D eigenvalue weighted by molar-refractivity contribution is 5.96. The maximum absolute atomic E-state index is 11.5. The van der Waals surface area contributed by atoms with Crippen LogP contribution in [0.3, 0.4) is 0 Å². The number of rotatable bonds is 8. The number of carboxylic acid groups (broad SMARTS) is 2. The van der Waals surface area contributed by atoms with Gasteiger partial charge in [0.25, 0.3) is 0 Å². The second kappa shape index (κ2) is 11.5. The number of hydrogen-bond acceptors (Lipinski definition) is 5. The summed E-state index contributed by atoms with van der Waals surface area (Å²) >= 11 is 0. The molecule has 9 nitrogen and oxygen atoms in total. The van der Waals surface area contributed by atoms with E-state index >= 15 is 0 Å². The summed E-state index contributed by atoms with van der Waals surface area (Å²) in [5, 5.41) is 29.7. The molecule has 1 unspecified atom stereocenters. The van der Waals surface area contributed by atoms with Crippen LogP contribution in [0.5, 0.6) is 0 Å². The number of carbonyl (C=O) groups is 2. The maximum Gasteiger partial charge on any atom is 0.303 e. The smallest absolute Gasteiger partial charge is 0.303 e. The van der Waals surface area contributed by atoms with E-state index in [4.69, 9.17) is 9.97 Å². The highest BCUT2D eigenvalue weighted by Crippen LogP contribution is 2.38. The van der Waals surface area contributed by atoms with Gasteiger partial charge in [0.05, 0.1) is 28.9 Å². The van der Waals surface area contributed by atoms with Gasteiger partial charge in [-0.25, -0.2) is 9.97 Å². The molecule has 0 saturated carbocycles. The van der Waals surface area contributed by atoms with Crippen LogP contribution in [-0.2, 0) is 9.59 Å². The molecule has 3 aromatic heterocycles. The van der Waals surface area contributed by atoms with E-state index in [2.05, 4.69) is 16.5 Å². The van der Waals surface area contributed by atoms with Crippen molar-refractivity contribution in [2.24, 2.45) is 0 Å². The molecule has 8 bridgehead atoms. The molecule has 2 aliphatic heterocycles. The van der Waals surface area contributed by atoms with Crippen LogP contribution in [0.2, 0.25) is 0 Å². The van der Waals surface area contributed by atoms with Gasteiger partial charge in [0.2, 0.25) is 0 Å². The molecule has 0 aliphatic carbocycles. The van der Waals surface area contributed by atoms with Gasteiger partial charge in [-0.1, -0.05) is 12.7 Å². The molecule has 5 N–H and O–H groups in total. The second-order valence-electron chi connectivity index (χ2n) is 11.2. The molecule has 2 aliphatic rings. The fourth-order valence-electron chi connectivity index (χ4n) is 6.04. The summed E-state index contributed by atoms with van der Waals surface area (Å²) in [6, 6.07) is 7.70. The summed E-state index contributed by atoms with van der Waals surface area (Å²) in [6.07, 6.45) is 1.51. The number of nitrogens with one attached hydrogen (secondary N) is 2. The number of aliphatic hydroxyl groups is 1. The van der Waals surface area contributed by atoms with E-state index < -0.39 is 18.0 Å². The van der Waals surface area contributed by atoms with Crippen molar-refractivity contribution in [2.45, 2.75) is 66.4 Å². The lowest BCUT2D eigenvalue weighted by Crippen LogP contribution is -1.97. The minimum absolute atomic E-state index is 0.0527. The highest BCUT2D eigenvalue weighted by Gasteiger charge is 2.23. The Balaban J connectivity index is 1.94. The number of aryl methyl sites for hydroxylation is 2. The predicted molar refractivity (Wildman–Crippen MR) is 170 cm³/mol. The lowest BCUT2D eigenvalue weighted by Gasteiger charge is -2.05. The number of H-pyrrole nitrogens is 2. The van der Waals surface area contributed by atoms with Crippen molar-refractivity contribution in [1.82, 2.24) is 19.9 Å². The van der Waals surface area contributed by atoms with Crippen molar-refractivity contribution in [3.63, 3.8) is 0 Å². The third-order valence-electron chi connectivity index (χ3n) is 8.43. The van der Waals surface area contributed by atoms with Gasteiger partial charge in [0.15, 0.2) is 0 Å². The van der Waals surface area contributed by atoms with Gasteiger partial charge in [-0.15, -0.1) is 0 Å². The summed E-state index contributed by atoms with van der Waals surface area (Å²) in [6.45, 7) is 13.6. The van der Waals surface area contributed by atoms with E-state index in [1.54, 1.807) is 6.92 Å². The quantitative estimate of drug-likeness (QED) is 0.189. The first-order valence-electron chi connectivity index (χ1n) is 14.3. The number of aliphatic carboxylic acids is 2. The number of allylic oxidation sites excluding steroid dienone is 4. The van der Waals surface area contributed by atoms with Crippen LogP contribution in [0.15, 0.2) is 30.8 Å². The Labute approximate surface area is 249 Å². The van der Waals surface area contributed by atoms with Crippen LogP contribution >= 0.6 is 0 Å². The van der Waals surface area contributed by atoms with Crippen molar-refractivity contribution in [1.29, 1.82) is 0 Å². The Morgan fingerprint density at radius 2 is 1.26 bits per heavy atom. The topological polar surface area (TPSA) is 152 Å². The van der Waals surface area contributed by atoms with E-state index in [-0.39, 0.29) is 19.3 Å². The fraction of sp³-hybridized carbons (Fsp3) is 0.294. The molecular formula is C34H36N4O5. The molecule has 43 heavy (non-hydrogen) atoms. The molecular weight excluding hydrogens is 544 g/mol. The average Bonchev–Trinajstić information content (AvgIpc) is 3.59. The van der Waals surface area contributed by atoms with Gasteiger partial charge in [-0.05, 0) is 105 Å². The van der Waals surface area contributed by atoms with Gasteiger partial charge < -0.3 is 25.3 Å². The molecule has 0 saturated heterocycles. The molecule has 3 aromatic rings. The van der Waals surface area contributed by atoms with E-state index in [1.165, 1.54) is 0 Å². The number of nitrogens with zero attached hydrogens (tertiary/aromatic N) is 2. The monoisotopic (exact) mass is 580 g/mol. The second-order valence-corrected chi connectivity index (χ2v) is 11.2. The number of aliphatic hydroxyl groups excluding tert-OH is 1. The van der Waals surface area contributed by atoms with Crippen molar-refractivity contribution in [2.75, 3.05) is 0 Å². The molecule has 0 amide bonds. The van der Waals surface area contributed by atoms with Crippen LogP contribution in [0.1, 0.15) is 97.6 Å². The number of aromatic nitrogens is 4. The Bertz CT molecular complexity index is 1920. The van der Waals surface area contributed by atoms with Crippen LogP contribution in [0.4, 0.5) is 0 Å². The van der Waals surface area contributed by atoms with Gasteiger partial charge in [0.1, 0.15) is 0 Å². The first-order valence-corrected chi connectivity index (χ1v) is 14.3. The molecule has 9 heteroatoms. The highest BCUT2D eigenvalue weighted by atomic mass is 16.4. The lowest BCUT2D eigenvalue weighted by molar-refractivity contribution is -0.137. The largest absolute Gasteiger partial charge is 0.481 e. The third-order valence-corrected chi connectivity index (χ3v) is 8.43. The third kappa shape index (κ3) is 5.56. The van der Waals surface area contributed by atoms with E-state index in [0.29, 0.717) is 34.7 Å². The molecule has 0 radical (unpaired) electrons. The number of fused-ring (bicyclic) bond motifs is 8. The van der Waals surface area contributed by atoms with Crippen LogP contribution < -0.4 is 0 Å². The summed E-state index contributed by atoms with van der Waals surface area (Å²) in [7, 11) is 0. The number of hydrogen-bond donors (Lipinski definition) is 5. The molecule has 0 fully saturated rings. The van der Waals surface area contributed by atoms with Crippen molar-refractivity contribution in [3.05, 3.63) is 75.9 Å². The summed E-state index contributed by atoms with van der Waals surface area (Å²) in [5.74, 6) is -1.81. The fourth-order valence-corrected chi connectivity index (χ4v) is 6.04. The predicted octanol–water partition coefficient (Wildman–Crippen LogP) is 7.22. The number of aromatic amines is 2. The zero-order chi connectivity index (χ0) is 31.2. The molecule has 0 spiro atoms. The lowest BCUT2D eigenvalue weighted by atomic mass is 9.98. The Morgan fingerprint density at radius 1 is 0.767 bits per heavy atom. The van der Waals surface area contributed by atoms with Crippen molar-refractivity contribution in [3.8, 4) is 0 Å². The van der Waals surface area contributed by atoms with Crippen LogP contribution in [0, 0.1) is 13.8 Å². The minimum Gasteiger partial charge on any atom is -0.481 e. The van der Waals surface area contributed by atoms with Crippen LogP contribution in [0.25, 0.3) is 50.4 Å². The van der Waals surface area contributed by atoms with Gasteiger partial charge in [-0.3, -0.25) is 9.59 Å². The maximum atomic E-state index is 11.5. The summed E-state index contributed by atoms with van der Waals surface area (Å²) in [5.41, 5.74) is 12.7. The van der Waals surface area contributed by atoms with Gasteiger partial charge in [-0.2, -0.15) is 0 Å². The molecule has 5 heterocycles. The van der Waals surface area contributed by atoms with Crippen molar-refractivity contribution < 1.29 is 24.9 Å². The first-order chi connectivity index (χ1) is 20.4. The van der Waals surface area contributed by atoms with Gasteiger partial charge in [0, 0.05) is 46.0 Å². The SMILES string of the molecule is C=Cc1c(C)c2cc3nc(cc4nc(cc5[nH]c(cc1[nH]2)c(C)c5C(C)O)C(C)=C4CCC(=O)O)C(CCC(=O)O)=C3C. The Morgan fingerprint density at radius 3 is 1.74 bits per heavy atom. The minimum atomic E-state index is -0.909. The van der Waals surface area contributed by atoms with Crippen LogP contribution in [-0.4, -0.2) is 47.2 Å². The molecule has 5 rings (SSSR count). The van der Waals surface area contributed by atoms with E-state index in [1.807, 2.05) is 58.0 Å². The van der Waals surface area contributed by atoms with Crippen molar-refractivity contribution >= 4 is 62.4 Å². The molecule has 1 atom stereocenters. The standard InChI is InChI=1S/C34H36N4O5/c1-7-21-16(2)24-12-25-17(3)22(8-10-32(40)41)29(36-25)15-30-23(9-11-33(42)43)18(4)26(37-30)14-31-34(20(6)39)19(5)27(38-31)13-28(21)35-24/h7,12-15,20,35,38-39H,1,8-11H2,2-6H3,(H,40,41)(H,42,43). The van der Waals surface area contributed by atoms with Gasteiger partial charge >= 0.3 is 11.9 Å². The number of carboxylic acids is 2. The van der Waals surface area contributed by atoms with E-state index in [0.717, 1.165) is 61.1 Å². The Hall–Kier alpha value is -4.76. The summed E-state index contributed by atoms with van der Waals surface area (Å²) < 4.78 is 0. The summed E-state index contributed by atoms with van der Waals surface area (Å²) in [4.78, 5) is 39.9. The Kier molecular flexibility index (Phi) is 7.94. The van der Waals surface area contributed by atoms with E-state index in [9.17, 15) is 24.9 Å². The average molecular weight is 581 g/mol. The molecule has 0 aromatic carbocycles.